The number of carbonyl (C=O) groups excluding carboxylic acids is 2. The van der Waals surface area contributed by atoms with E-state index in [2.05, 4.69) is 15.3 Å². The van der Waals surface area contributed by atoms with Gasteiger partial charge in [-0.25, -0.2) is 9.97 Å². The Kier molecular flexibility index (Phi) is 5.66. The molecule has 0 aliphatic carbocycles. The number of fused-ring (bicyclic) bond motifs is 1. The van der Waals surface area contributed by atoms with Crippen molar-refractivity contribution in [3.05, 3.63) is 53.5 Å². The summed E-state index contributed by atoms with van der Waals surface area (Å²) < 4.78 is 40.6. The number of alkyl halides is 3. The summed E-state index contributed by atoms with van der Waals surface area (Å²) in [7, 11) is -1.88. The van der Waals surface area contributed by atoms with Gasteiger partial charge in [0.2, 0.25) is 5.82 Å². The summed E-state index contributed by atoms with van der Waals surface area (Å²) in [4.78, 5) is 30.8. The van der Waals surface area contributed by atoms with Gasteiger partial charge in [0.1, 0.15) is 11.8 Å². The molecule has 0 unspecified atom stereocenters. The van der Waals surface area contributed by atoms with Gasteiger partial charge in [0.05, 0.1) is 0 Å². The van der Waals surface area contributed by atoms with Crippen molar-refractivity contribution in [3.63, 3.8) is 0 Å². The summed E-state index contributed by atoms with van der Waals surface area (Å²) in [5, 5.41) is 20.8. The number of benzene rings is 1. The molecule has 0 bridgehead atoms. The number of imidazole rings is 1. The lowest BCUT2D eigenvalue weighted by Crippen LogP contribution is -2.34. The van der Waals surface area contributed by atoms with Crippen molar-refractivity contribution in [2.75, 3.05) is 6.54 Å². The van der Waals surface area contributed by atoms with Crippen LogP contribution in [-0.4, -0.2) is 50.4 Å². The van der Waals surface area contributed by atoms with Crippen LogP contribution in [0.25, 0.3) is 11.2 Å². The Hall–Kier alpha value is -3.25. The SMILES string of the molecule is O=Cc1cc(C(=O)NCCn2c(C(F)(F)F)nc3cccnc32)ccc1B(O)O. The van der Waals surface area contributed by atoms with Crippen LogP contribution in [0.4, 0.5) is 13.2 Å². The predicted octanol–water partition coefficient (Wildman–Crippen LogP) is 0.372. The Labute approximate surface area is 162 Å². The van der Waals surface area contributed by atoms with E-state index < -0.39 is 25.0 Å². The number of amides is 1. The quantitative estimate of drug-likeness (QED) is 0.403. The van der Waals surface area contributed by atoms with E-state index >= 15 is 0 Å². The van der Waals surface area contributed by atoms with Crippen LogP contribution in [0.2, 0.25) is 0 Å². The molecular formula is C17H14BF3N4O4. The number of rotatable bonds is 6. The number of aldehydes is 1. The smallest absolute Gasteiger partial charge is 0.423 e. The summed E-state index contributed by atoms with van der Waals surface area (Å²) in [6.45, 7) is -0.396. The highest BCUT2D eigenvalue weighted by molar-refractivity contribution is 6.60. The number of halogens is 3. The molecule has 0 atom stereocenters. The van der Waals surface area contributed by atoms with Gasteiger partial charge >= 0.3 is 13.3 Å². The Balaban J connectivity index is 1.77. The molecule has 2 aromatic heterocycles. The molecule has 0 radical (unpaired) electrons. The van der Waals surface area contributed by atoms with Crippen molar-refractivity contribution < 1.29 is 32.8 Å². The predicted molar refractivity (Wildman–Crippen MR) is 96.5 cm³/mol. The second kappa shape index (κ2) is 8.01. The molecule has 0 aliphatic heterocycles. The monoisotopic (exact) mass is 406 g/mol. The van der Waals surface area contributed by atoms with E-state index in [-0.39, 0.29) is 40.8 Å². The zero-order valence-electron chi connectivity index (χ0n) is 14.7. The van der Waals surface area contributed by atoms with E-state index in [4.69, 9.17) is 0 Å². The van der Waals surface area contributed by atoms with Crippen LogP contribution in [0, 0.1) is 0 Å². The van der Waals surface area contributed by atoms with Gasteiger partial charge in [-0.15, -0.1) is 0 Å². The maximum absolute atomic E-state index is 13.3. The maximum atomic E-state index is 13.3. The topological polar surface area (TPSA) is 117 Å². The second-order valence-corrected chi connectivity index (χ2v) is 6.02. The molecule has 3 N–H and O–H groups in total. The fraction of sp³-hybridized carbons (Fsp3) is 0.176. The fourth-order valence-electron chi connectivity index (χ4n) is 2.82. The largest absolute Gasteiger partial charge is 0.489 e. The molecule has 0 saturated heterocycles. The first kappa shape index (κ1) is 20.5. The number of nitrogens with zero attached hydrogens (tertiary/aromatic N) is 3. The van der Waals surface area contributed by atoms with Crippen LogP contribution < -0.4 is 10.8 Å². The first-order chi connectivity index (χ1) is 13.7. The van der Waals surface area contributed by atoms with Gasteiger partial charge in [0, 0.05) is 30.4 Å². The lowest BCUT2D eigenvalue weighted by Gasteiger charge is -2.12. The van der Waals surface area contributed by atoms with Gasteiger partial charge in [0.25, 0.3) is 5.91 Å². The van der Waals surface area contributed by atoms with Gasteiger partial charge in [-0.05, 0) is 29.7 Å². The van der Waals surface area contributed by atoms with Crippen molar-refractivity contribution in [1.82, 2.24) is 19.9 Å². The van der Waals surface area contributed by atoms with Gasteiger partial charge < -0.3 is 19.9 Å². The van der Waals surface area contributed by atoms with Gasteiger partial charge in [-0.2, -0.15) is 13.2 Å². The van der Waals surface area contributed by atoms with Crippen LogP contribution in [0.1, 0.15) is 26.5 Å². The molecule has 1 amide bonds. The van der Waals surface area contributed by atoms with Crippen LogP contribution in [0.5, 0.6) is 0 Å². The Morgan fingerprint density at radius 1 is 1.28 bits per heavy atom. The van der Waals surface area contributed by atoms with Gasteiger partial charge in [-0.3, -0.25) is 9.59 Å². The van der Waals surface area contributed by atoms with E-state index in [1.807, 2.05) is 0 Å². The lowest BCUT2D eigenvalue weighted by molar-refractivity contribution is -0.146. The van der Waals surface area contributed by atoms with Gasteiger partial charge in [-0.1, -0.05) is 6.07 Å². The van der Waals surface area contributed by atoms with E-state index in [1.54, 1.807) is 0 Å². The average Bonchev–Trinajstić information content (AvgIpc) is 3.06. The van der Waals surface area contributed by atoms with Gasteiger partial charge in [0.15, 0.2) is 5.65 Å². The summed E-state index contributed by atoms with van der Waals surface area (Å²) >= 11 is 0. The van der Waals surface area contributed by atoms with Crippen molar-refractivity contribution in [1.29, 1.82) is 0 Å². The standard InChI is InChI=1S/C17H14BF3N4O4/c19-17(20,21)16-24-13-2-1-5-22-14(13)25(16)7-6-23-15(27)10-3-4-12(18(28)29)11(8-10)9-26/h1-5,8-9,28-29H,6-7H2,(H,23,27). The van der Waals surface area contributed by atoms with Crippen molar-refractivity contribution in [2.45, 2.75) is 12.7 Å². The highest BCUT2D eigenvalue weighted by atomic mass is 19.4. The first-order valence-electron chi connectivity index (χ1n) is 8.34. The number of carbonyl (C=O) groups is 2. The molecule has 1 aromatic carbocycles. The molecule has 12 heteroatoms. The second-order valence-electron chi connectivity index (χ2n) is 6.02. The minimum absolute atomic E-state index is 0.0404. The van der Waals surface area contributed by atoms with E-state index in [9.17, 15) is 32.8 Å². The molecule has 150 valence electrons. The molecule has 3 aromatic rings. The zero-order chi connectivity index (χ0) is 21.2. The number of nitrogens with one attached hydrogen (secondary N) is 1. The highest BCUT2D eigenvalue weighted by Gasteiger charge is 2.37. The molecule has 0 saturated carbocycles. The third-order valence-electron chi connectivity index (χ3n) is 4.13. The van der Waals surface area contributed by atoms with Crippen molar-refractivity contribution in [3.8, 4) is 0 Å². The van der Waals surface area contributed by atoms with Crippen LogP contribution in [0.3, 0.4) is 0 Å². The molecule has 29 heavy (non-hydrogen) atoms. The summed E-state index contributed by atoms with van der Waals surface area (Å²) in [5.74, 6) is -1.76. The minimum atomic E-state index is -4.69. The fourth-order valence-corrected chi connectivity index (χ4v) is 2.82. The molecule has 0 fully saturated rings. The van der Waals surface area contributed by atoms with Crippen molar-refractivity contribution in [2.24, 2.45) is 0 Å². The lowest BCUT2D eigenvalue weighted by atomic mass is 9.77. The molecule has 3 rings (SSSR count). The first-order valence-corrected chi connectivity index (χ1v) is 8.34. The third kappa shape index (κ3) is 4.28. The molecule has 8 nitrogen and oxygen atoms in total. The Morgan fingerprint density at radius 2 is 2.03 bits per heavy atom. The van der Waals surface area contributed by atoms with Crippen LogP contribution in [-0.2, 0) is 12.7 Å². The van der Waals surface area contributed by atoms with Crippen LogP contribution in [0.15, 0.2) is 36.5 Å². The van der Waals surface area contributed by atoms with E-state index in [0.29, 0.717) is 6.29 Å². The third-order valence-corrected chi connectivity index (χ3v) is 4.13. The van der Waals surface area contributed by atoms with E-state index in [1.165, 1.54) is 30.5 Å². The zero-order valence-corrected chi connectivity index (χ0v) is 14.7. The Bertz CT molecular complexity index is 1070. The van der Waals surface area contributed by atoms with Crippen molar-refractivity contribution >= 4 is 35.9 Å². The molecule has 0 spiro atoms. The molecular weight excluding hydrogens is 392 g/mol. The summed E-state index contributed by atoms with van der Waals surface area (Å²) in [5.41, 5.74) is 0.0128. The maximum Gasteiger partial charge on any atom is 0.489 e. The number of aromatic nitrogens is 3. The average molecular weight is 406 g/mol. The Morgan fingerprint density at radius 3 is 2.69 bits per heavy atom. The molecule has 0 aliphatic rings. The normalized spacial score (nSPS) is 11.5. The van der Waals surface area contributed by atoms with E-state index in [0.717, 1.165) is 10.6 Å². The molecule has 2 heterocycles. The highest BCUT2D eigenvalue weighted by Crippen LogP contribution is 2.30. The summed E-state index contributed by atoms with van der Waals surface area (Å²) in [6, 6.07) is 6.52. The summed E-state index contributed by atoms with van der Waals surface area (Å²) in [6.07, 6.45) is -2.98. The number of hydrogen-bond acceptors (Lipinski definition) is 6. The number of pyridine rings is 1. The van der Waals surface area contributed by atoms with Crippen LogP contribution >= 0.6 is 0 Å². The minimum Gasteiger partial charge on any atom is -0.423 e. The number of hydrogen-bond donors (Lipinski definition) is 3.